The third-order valence-electron chi connectivity index (χ3n) is 4.08. The summed E-state index contributed by atoms with van der Waals surface area (Å²) >= 11 is 13.7. The molecule has 0 saturated carbocycles. The summed E-state index contributed by atoms with van der Waals surface area (Å²) < 4.78 is 7.67. The summed E-state index contributed by atoms with van der Waals surface area (Å²) in [6.45, 7) is 7.95. The second-order valence-corrected chi connectivity index (χ2v) is 7.48. The smallest absolute Gasteiger partial charge is 0.190 e. The number of morpholine rings is 1. The number of hydrogen-bond acceptors (Lipinski definition) is 4. The molecule has 2 aromatic rings. The number of rotatable bonds is 5. The van der Waals surface area contributed by atoms with Gasteiger partial charge in [0.2, 0.25) is 0 Å². The Balaban J connectivity index is 1.70. The Bertz CT molecular complexity index is 751. The fourth-order valence-corrected chi connectivity index (χ4v) is 3.93. The van der Waals surface area contributed by atoms with E-state index in [2.05, 4.69) is 21.8 Å². The number of hydrogen-bond donors (Lipinski definition) is 0. The highest BCUT2D eigenvalue weighted by Gasteiger charge is 2.10. The summed E-state index contributed by atoms with van der Waals surface area (Å²) in [5.41, 5.74) is 2.06. The van der Waals surface area contributed by atoms with Crippen LogP contribution >= 0.6 is 34.5 Å². The van der Waals surface area contributed by atoms with Crippen LogP contribution in [0.2, 0.25) is 10.0 Å². The second kappa shape index (κ2) is 8.50. The highest BCUT2D eigenvalue weighted by atomic mass is 35.5. The molecule has 0 spiro atoms. The molecule has 0 aliphatic carbocycles. The van der Waals surface area contributed by atoms with Gasteiger partial charge in [-0.1, -0.05) is 23.2 Å². The van der Waals surface area contributed by atoms with Crippen molar-refractivity contribution >= 4 is 40.2 Å². The molecule has 1 fully saturated rings. The van der Waals surface area contributed by atoms with E-state index < -0.39 is 0 Å². The van der Waals surface area contributed by atoms with Gasteiger partial charge in [-0.15, -0.1) is 11.3 Å². The van der Waals surface area contributed by atoms with Gasteiger partial charge in [-0.25, -0.2) is 4.99 Å². The van der Waals surface area contributed by atoms with E-state index in [-0.39, 0.29) is 0 Å². The van der Waals surface area contributed by atoms with Crippen LogP contribution in [-0.2, 0) is 11.3 Å². The number of benzene rings is 1. The predicted octanol–water partition coefficient (Wildman–Crippen LogP) is 4.12. The van der Waals surface area contributed by atoms with Gasteiger partial charge >= 0.3 is 0 Å². The zero-order valence-electron chi connectivity index (χ0n) is 13.7. The molecule has 2 heterocycles. The zero-order chi connectivity index (χ0) is 16.9. The Morgan fingerprint density at radius 3 is 2.71 bits per heavy atom. The normalized spacial score (nSPS) is 16.7. The lowest BCUT2D eigenvalue weighted by Crippen LogP contribution is -2.37. The summed E-state index contributed by atoms with van der Waals surface area (Å²) in [7, 11) is 0. The minimum absolute atomic E-state index is 0.532. The molecule has 0 N–H and O–H groups in total. The first-order valence-corrected chi connectivity index (χ1v) is 9.72. The molecule has 1 aliphatic heterocycles. The maximum Gasteiger partial charge on any atom is 0.190 e. The molecule has 0 bridgehead atoms. The molecule has 130 valence electrons. The van der Waals surface area contributed by atoms with Crippen LogP contribution in [0.3, 0.4) is 0 Å². The van der Waals surface area contributed by atoms with Crippen molar-refractivity contribution in [2.45, 2.75) is 19.9 Å². The van der Waals surface area contributed by atoms with Crippen LogP contribution in [0.5, 0.6) is 0 Å². The molecule has 4 nitrogen and oxygen atoms in total. The maximum atomic E-state index is 6.08. The summed E-state index contributed by atoms with van der Waals surface area (Å²) in [4.78, 5) is 8.19. The van der Waals surface area contributed by atoms with Crippen LogP contribution in [0.25, 0.3) is 0 Å². The minimum Gasteiger partial charge on any atom is -0.379 e. The molecule has 3 rings (SSSR count). The van der Waals surface area contributed by atoms with E-state index in [1.165, 1.54) is 5.69 Å². The van der Waals surface area contributed by atoms with Gasteiger partial charge in [0.05, 0.1) is 28.9 Å². The molecular formula is C17H21Cl2N3OS. The first-order chi connectivity index (χ1) is 11.6. The van der Waals surface area contributed by atoms with Crippen molar-refractivity contribution < 1.29 is 4.74 Å². The number of ether oxygens (including phenoxy) is 1. The number of aromatic nitrogens is 1. The third kappa shape index (κ3) is 4.61. The Morgan fingerprint density at radius 2 is 1.96 bits per heavy atom. The van der Waals surface area contributed by atoms with Gasteiger partial charge in [0.25, 0.3) is 0 Å². The fourth-order valence-electron chi connectivity index (χ4n) is 2.72. The van der Waals surface area contributed by atoms with E-state index in [0.717, 1.165) is 56.3 Å². The molecule has 0 radical (unpaired) electrons. The average molecular weight is 386 g/mol. The largest absolute Gasteiger partial charge is 0.379 e. The van der Waals surface area contributed by atoms with E-state index in [4.69, 9.17) is 32.9 Å². The Kier molecular flexibility index (Phi) is 6.36. The second-order valence-electron chi connectivity index (χ2n) is 5.83. The Morgan fingerprint density at radius 1 is 1.17 bits per heavy atom. The zero-order valence-corrected chi connectivity index (χ0v) is 16.0. The molecule has 24 heavy (non-hydrogen) atoms. The van der Waals surface area contributed by atoms with Crippen molar-refractivity contribution in [1.82, 2.24) is 9.47 Å². The summed E-state index contributed by atoms with van der Waals surface area (Å²) in [5, 5.41) is 3.23. The number of halogens is 2. The van der Waals surface area contributed by atoms with Gasteiger partial charge < -0.3 is 9.30 Å². The molecule has 0 atom stereocenters. The SMILES string of the molecule is Cc1csc(=Nc2ccc(Cl)c(Cl)c2)n1CCCN1CCOCC1. The van der Waals surface area contributed by atoms with Crippen molar-refractivity contribution in [3.63, 3.8) is 0 Å². The molecule has 0 amide bonds. The summed E-state index contributed by atoms with van der Waals surface area (Å²) in [5.74, 6) is 0. The van der Waals surface area contributed by atoms with Crippen LogP contribution in [0.1, 0.15) is 12.1 Å². The molecule has 1 aliphatic rings. The van der Waals surface area contributed by atoms with Gasteiger partial charge in [-0.2, -0.15) is 0 Å². The first kappa shape index (κ1) is 18.0. The lowest BCUT2D eigenvalue weighted by atomic mass is 10.3. The molecule has 1 aromatic heterocycles. The number of aryl methyl sites for hydroxylation is 1. The Hall–Kier alpha value is -0.850. The van der Waals surface area contributed by atoms with Crippen LogP contribution in [0.15, 0.2) is 28.6 Å². The van der Waals surface area contributed by atoms with E-state index in [1.807, 2.05) is 6.07 Å². The number of nitrogens with zero attached hydrogens (tertiary/aromatic N) is 3. The van der Waals surface area contributed by atoms with Crippen LogP contribution < -0.4 is 4.80 Å². The van der Waals surface area contributed by atoms with Gasteiger partial charge in [-0.3, -0.25) is 4.90 Å². The average Bonchev–Trinajstić information content (AvgIpc) is 2.92. The molecule has 7 heteroatoms. The van der Waals surface area contributed by atoms with E-state index >= 15 is 0 Å². The number of thiazole rings is 1. The predicted molar refractivity (Wildman–Crippen MR) is 101 cm³/mol. The summed E-state index contributed by atoms with van der Waals surface area (Å²) in [6, 6.07) is 5.48. The molecular weight excluding hydrogens is 365 g/mol. The van der Waals surface area contributed by atoms with Crippen molar-refractivity contribution in [3.05, 3.63) is 44.1 Å². The first-order valence-electron chi connectivity index (χ1n) is 8.08. The van der Waals surface area contributed by atoms with Gasteiger partial charge in [0, 0.05) is 37.3 Å². The standard InChI is InChI=1S/C17H21Cl2N3OS/c1-13-12-24-17(20-14-3-4-15(18)16(19)11-14)22(13)6-2-5-21-7-9-23-10-8-21/h3-4,11-12H,2,5-10H2,1H3. The molecule has 1 saturated heterocycles. The van der Waals surface area contributed by atoms with Crippen molar-refractivity contribution in [1.29, 1.82) is 0 Å². The minimum atomic E-state index is 0.532. The third-order valence-corrected chi connectivity index (χ3v) is 5.80. The molecule has 0 unspecified atom stereocenters. The fraction of sp³-hybridized carbons (Fsp3) is 0.471. The van der Waals surface area contributed by atoms with Crippen LogP contribution in [-0.4, -0.2) is 42.3 Å². The van der Waals surface area contributed by atoms with Crippen molar-refractivity contribution in [2.75, 3.05) is 32.8 Å². The lowest BCUT2D eigenvalue weighted by molar-refractivity contribution is 0.0369. The van der Waals surface area contributed by atoms with E-state index in [9.17, 15) is 0 Å². The van der Waals surface area contributed by atoms with E-state index in [1.54, 1.807) is 23.5 Å². The quantitative estimate of drug-likeness (QED) is 0.774. The van der Waals surface area contributed by atoms with Gasteiger partial charge in [0.15, 0.2) is 4.80 Å². The highest BCUT2D eigenvalue weighted by Crippen LogP contribution is 2.26. The molecule has 1 aromatic carbocycles. The summed E-state index contributed by atoms with van der Waals surface area (Å²) in [6.07, 6.45) is 1.10. The topological polar surface area (TPSA) is 29.8 Å². The highest BCUT2D eigenvalue weighted by molar-refractivity contribution is 7.07. The maximum absolute atomic E-state index is 6.08. The lowest BCUT2D eigenvalue weighted by Gasteiger charge is -2.26. The van der Waals surface area contributed by atoms with Crippen molar-refractivity contribution in [2.24, 2.45) is 4.99 Å². The van der Waals surface area contributed by atoms with Gasteiger partial charge in [-0.05, 0) is 31.5 Å². The monoisotopic (exact) mass is 385 g/mol. The van der Waals surface area contributed by atoms with Crippen LogP contribution in [0.4, 0.5) is 5.69 Å². The van der Waals surface area contributed by atoms with Gasteiger partial charge in [0.1, 0.15) is 0 Å². The van der Waals surface area contributed by atoms with Crippen molar-refractivity contribution in [3.8, 4) is 0 Å². The van der Waals surface area contributed by atoms with Crippen LogP contribution in [0, 0.1) is 6.92 Å². The van der Waals surface area contributed by atoms with E-state index in [0.29, 0.717) is 10.0 Å². The Labute approximate surface area is 156 Å².